The molecular weight excluding hydrogens is 240 g/mol. The summed E-state index contributed by atoms with van der Waals surface area (Å²) in [5, 5.41) is 0. The van der Waals surface area contributed by atoms with Crippen molar-refractivity contribution in [2.45, 2.75) is 38.8 Å². The number of carbonyl (C=O) groups is 2. The van der Waals surface area contributed by atoms with Gasteiger partial charge in [0.05, 0.1) is 0 Å². The minimum atomic E-state index is -0.550. The van der Waals surface area contributed by atoms with Crippen molar-refractivity contribution in [3.8, 4) is 12.3 Å². The molecule has 1 aliphatic heterocycles. The van der Waals surface area contributed by atoms with Crippen molar-refractivity contribution >= 4 is 11.9 Å². The molecule has 0 aromatic carbocycles. The molecule has 0 radical (unpaired) electrons. The van der Waals surface area contributed by atoms with Gasteiger partial charge in [-0.25, -0.2) is 0 Å². The van der Waals surface area contributed by atoms with Gasteiger partial charge in [0.15, 0.2) is 6.29 Å². The fourth-order valence-electron chi connectivity index (χ4n) is 1.61. The Morgan fingerprint density at radius 3 is 2.67 bits per heavy atom. The molecule has 0 aromatic heterocycles. The highest BCUT2D eigenvalue weighted by Gasteiger charge is 2.38. The molecule has 1 heterocycles. The summed E-state index contributed by atoms with van der Waals surface area (Å²) in [6.45, 7) is 2.72. The van der Waals surface area contributed by atoms with Crippen molar-refractivity contribution < 1.29 is 28.5 Å². The van der Waals surface area contributed by atoms with Gasteiger partial charge in [0.2, 0.25) is 0 Å². The molecule has 6 nitrogen and oxygen atoms in total. The second-order valence-electron chi connectivity index (χ2n) is 3.81. The molecular formula is C12H16O6. The monoisotopic (exact) mass is 256 g/mol. The van der Waals surface area contributed by atoms with Crippen LogP contribution >= 0.6 is 0 Å². The third-order valence-corrected chi connectivity index (χ3v) is 2.29. The molecule has 1 aliphatic rings. The molecule has 0 saturated carbocycles. The summed E-state index contributed by atoms with van der Waals surface area (Å²) in [5.74, 6) is 1.47. The minimum Gasteiger partial charge on any atom is -0.463 e. The fraction of sp³-hybridized carbons (Fsp3) is 0.667. The molecule has 18 heavy (non-hydrogen) atoms. The van der Waals surface area contributed by atoms with Crippen LogP contribution in [0, 0.1) is 12.3 Å². The van der Waals surface area contributed by atoms with Gasteiger partial charge in [-0.2, -0.15) is 0 Å². The van der Waals surface area contributed by atoms with Crippen LogP contribution in [0.25, 0.3) is 0 Å². The van der Waals surface area contributed by atoms with Crippen LogP contribution in [0.2, 0.25) is 0 Å². The van der Waals surface area contributed by atoms with E-state index in [1.54, 1.807) is 0 Å². The Labute approximate surface area is 106 Å². The number of esters is 2. The normalized spacial score (nSPS) is 26.4. The summed E-state index contributed by atoms with van der Waals surface area (Å²) in [5.41, 5.74) is 0. The van der Waals surface area contributed by atoms with Crippen LogP contribution < -0.4 is 0 Å². The van der Waals surface area contributed by atoms with Gasteiger partial charge in [-0.3, -0.25) is 9.59 Å². The zero-order valence-electron chi connectivity index (χ0n) is 10.4. The first-order valence-corrected chi connectivity index (χ1v) is 5.54. The summed E-state index contributed by atoms with van der Waals surface area (Å²) < 4.78 is 20.6. The van der Waals surface area contributed by atoms with Crippen LogP contribution in [0.1, 0.15) is 20.3 Å². The fourth-order valence-corrected chi connectivity index (χ4v) is 1.61. The van der Waals surface area contributed by atoms with Gasteiger partial charge in [-0.15, -0.1) is 6.42 Å². The zero-order chi connectivity index (χ0) is 13.5. The zero-order valence-corrected chi connectivity index (χ0v) is 10.4. The number of rotatable bonds is 5. The number of hydrogen-bond donors (Lipinski definition) is 0. The molecule has 100 valence electrons. The van der Waals surface area contributed by atoms with E-state index in [2.05, 4.69) is 5.92 Å². The highest BCUT2D eigenvalue weighted by Crippen LogP contribution is 2.24. The summed E-state index contributed by atoms with van der Waals surface area (Å²) in [4.78, 5) is 21.7. The smallest absolute Gasteiger partial charge is 0.303 e. The first kappa shape index (κ1) is 14.5. The van der Waals surface area contributed by atoms with Gasteiger partial charge in [-0.1, -0.05) is 5.92 Å². The lowest BCUT2D eigenvalue weighted by atomic mass is 10.2. The molecule has 0 spiro atoms. The second-order valence-corrected chi connectivity index (χ2v) is 3.81. The largest absolute Gasteiger partial charge is 0.463 e. The Kier molecular flexibility index (Phi) is 5.62. The molecule has 6 heteroatoms. The maximum Gasteiger partial charge on any atom is 0.303 e. The molecule has 0 aliphatic carbocycles. The molecule has 1 unspecified atom stereocenters. The highest BCUT2D eigenvalue weighted by molar-refractivity contribution is 5.66. The SMILES string of the molecule is C#CCO[C@@H]1CC(OC(C)=O)[C@@H](COC(C)=O)O1. The maximum atomic E-state index is 10.9. The standard InChI is InChI=1S/C12H16O6/c1-4-5-15-12-6-10(17-9(3)14)11(18-12)7-16-8(2)13/h1,10-12H,5-7H2,2-3H3/t10?,11-,12+/m1/s1. The molecule has 0 aromatic rings. The molecule has 0 N–H and O–H groups in total. The lowest BCUT2D eigenvalue weighted by Gasteiger charge is -2.17. The van der Waals surface area contributed by atoms with E-state index in [0.29, 0.717) is 6.42 Å². The lowest BCUT2D eigenvalue weighted by Crippen LogP contribution is -2.31. The van der Waals surface area contributed by atoms with Crippen molar-refractivity contribution in [2.24, 2.45) is 0 Å². The summed E-state index contributed by atoms with van der Waals surface area (Å²) in [7, 11) is 0. The molecule has 3 atom stereocenters. The summed E-state index contributed by atoms with van der Waals surface area (Å²) in [6.07, 6.45) is 3.87. The summed E-state index contributed by atoms with van der Waals surface area (Å²) >= 11 is 0. The van der Waals surface area contributed by atoms with Crippen LogP contribution in [0.5, 0.6) is 0 Å². The van der Waals surface area contributed by atoms with E-state index in [1.165, 1.54) is 13.8 Å². The van der Waals surface area contributed by atoms with Crippen molar-refractivity contribution in [1.82, 2.24) is 0 Å². The maximum absolute atomic E-state index is 10.9. The average molecular weight is 256 g/mol. The number of carbonyl (C=O) groups excluding carboxylic acids is 2. The molecule has 0 bridgehead atoms. The third-order valence-electron chi connectivity index (χ3n) is 2.29. The molecule has 1 fully saturated rings. The van der Waals surface area contributed by atoms with E-state index in [4.69, 9.17) is 25.4 Å². The average Bonchev–Trinajstić information content (AvgIpc) is 2.65. The van der Waals surface area contributed by atoms with Crippen LogP contribution in [-0.2, 0) is 28.5 Å². The van der Waals surface area contributed by atoms with E-state index in [1.807, 2.05) is 0 Å². The van der Waals surface area contributed by atoms with E-state index in [9.17, 15) is 9.59 Å². The van der Waals surface area contributed by atoms with Crippen LogP contribution in [0.15, 0.2) is 0 Å². The predicted octanol–water partition coefficient (Wildman–Crippen LogP) is 0.246. The molecule has 1 rings (SSSR count). The van der Waals surface area contributed by atoms with Crippen molar-refractivity contribution in [1.29, 1.82) is 0 Å². The van der Waals surface area contributed by atoms with Crippen LogP contribution in [0.4, 0.5) is 0 Å². The second kappa shape index (κ2) is 6.99. The van der Waals surface area contributed by atoms with Crippen LogP contribution in [0.3, 0.4) is 0 Å². The van der Waals surface area contributed by atoms with Crippen LogP contribution in [-0.4, -0.2) is 43.7 Å². The lowest BCUT2D eigenvalue weighted by molar-refractivity contribution is -0.163. The number of ether oxygens (including phenoxy) is 4. The van der Waals surface area contributed by atoms with E-state index < -0.39 is 30.4 Å². The minimum absolute atomic E-state index is 0.0171. The quantitative estimate of drug-likeness (QED) is 0.518. The first-order chi connectivity index (χ1) is 8.52. The van der Waals surface area contributed by atoms with Gasteiger partial charge in [0.1, 0.15) is 25.4 Å². The molecule has 1 saturated heterocycles. The van der Waals surface area contributed by atoms with E-state index in [-0.39, 0.29) is 13.2 Å². The Morgan fingerprint density at radius 1 is 1.39 bits per heavy atom. The van der Waals surface area contributed by atoms with Gasteiger partial charge in [0, 0.05) is 20.3 Å². The van der Waals surface area contributed by atoms with Gasteiger partial charge in [-0.05, 0) is 0 Å². The van der Waals surface area contributed by atoms with Crippen molar-refractivity contribution in [2.75, 3.05) is 13.2 Å². The molecule has 0 amide bonds. The van der Waals surface area contributed by atoms with Gasteiger partial charge >= 0.3 is 11.9 Å². The van der Waals surface area contributed by atoms with Crippen molar-refractivity contribution in [3.63, 3.8) is 0 Å². The topological polar surface area (TPSA) is 71.1 Å². The number of hydrogen-bond acceptors (Lipinski definition) is 6. The summed E-state index contributed by atoms with van der Waals surface area (Å²) in [6, 6.07) is 0. The third kappa shape index (κ3) is 4.73. The Bertz CT molecular complexity index is 345. The van der Waals surface area contributed by atoms with Gasteiger partial charge < -0.3 is 18.9 Å². The first-order valence-electron chi connectivity index (χ1n) is 5.54. The van der Waals surface area contributed by atoms with Gasteiger partial charge in [0.25, 0.3) is 0 Å². The highest BCUT2D eigenvalue weighted by atomic mass is 16.7. The number of terminal acetylenes is 1. The van der Waals surface area contributed by atoms with E-state index >= 15 is 0 Å². The predicted molar refractivity (Wildman–Crippen MR) is 60.3 cm³/mol. The van der Waals surface area contributed by atoms with E-state index in [0.717, 1.165) is 0 Å². The Balaban J connectivity index is 2.51. The Morgan fingerprint density at radius 2 is 2.11 bits per heavy atom. The Hall–Kier alpha value is -1.58. The van der Waals surface area contributed by atoms with Crippen molar-refractivity contribution in [3.05, 3.63) is 0 Å².